The van der Waals surface area contributed by atoms with E-state index in [0.717, 1.165) is 19.3 Å². The summed E-state index contributed by atoms with van der Waals surface area (Å²) in [5.74, 6) is -3.69. The van der Waals surface area contributed by atoms with Crippen LogP contribution in [0.5, 0.6) is 0 Å². The molecule has 29 heavy (non-hydrogen) atoms. The van der Waals surface area contributed by atoms with Gasteiger partial charge < -0.3 is 24.8 Å². The predicted molar refractivity (Wildman–Crippen MR) is 102 cm³/mol. The summed E-state index contributed by atoms with van der Waals surface area (Å²) in [4.78, 5) is 23.9. The molecule has 0 aromatic rings. The van der Waals surface area contributed by atoms with Crippen LogP contribution in [0.15, 0.2) is 11.6 Å². The SMILES string of the molecule is CC(=O)O[C@@H]1[C@H](O)[C@@H]2[C@@H](C[C@@]3(O)OC(=O)C=C3[C@@H]2C)[C@]2(C)CCC[C@@](C)(CO)[C@H]12. The second-order valence-corrected chi connectivity index (χ2v) is 10.2. The maximum Gasteiger partial charge on any atom is 0.333 e. The van der Waals surface area contributed by atoms with Gasteiger partial charge in [0.15, 0.2) is 0 Å². The number of esters is 2. The monoisotopic (exact) mass is 408 g/mol. The Balaban J connectivity index is 1.85. The molecule has 162 valence electrons. The molecule has 4 rings (SSSR count). The lowest BCUT2D eigenvalue weighted by atomic mass is 9.41. The highest BCUT2D eigenvalue weighted by Crippen LogP contribution is 2.67. The van der Waals surface area contributed by atoms with Crippen molar-refractivity contribution in [1.29, 1.82) is 0 Å². The molecule has 0 aromatic carbocycles. The average Bonchev–Trinajstić information content (AvgIpc) is 2.93. The Morgan fingerprint density at radius 3 is 2.66 bits per heavy atom. The molecule has 0 radical (unpaired) electrons. The first kappa shape index (κ1) is 20.8. The molecule has 4 aliphatic rings. The van der Waals surface area contributed by atoms with Gasteiger partial charge in [0.05, 0.1) is 6.10 Å². The molecule has 3 fully saturated rings. The van der Waals surface area contributed by atoms with E-state index in [9.17, 15) is 24.9 Å². The minimum absolute atomic E-state index is 0.0743. The van der Waals surface area contributed by atoms with Gasteiger partial charge in [-0.2, -0.15) is 0 Å². The van der Waals surface area contributed by atoms with Gasteiger partial charge in [-0.1, -0.05) is 27.2 Å². The van der Waals surface area contributed by atoms with Crippen LogP contribution in [-0.2, 0) is 19.1 Å². The lowest BCUT2D eigenvalue weighted by Gasteiger charge is -2.65. The van der Waals surface area contributed by atoms with Crippen molar-refractivity contribution in [3.63, 3.8) is 0 Å². The molecule has 0 spiro atoms. The number of aliphatic hydroxyl groups excluding tert-OH is 2. The summed E-state index contributed by atoms with van der Waals surface area (Å²) in [6, 6.07) is 0. The van der Waals surface area contributed by atoms with Crippen LogP contribution >= 0.6 is 0 Å². The standard InChI is InChI=1S/C22H32O7/c1-11-13-8-15(25)29-22(13,27)9-14-16(11)17(26)18(28-12(2)24)19-20(3,10-23)6-5-7-21(14,19)4/h8,11,14,16-19,23,26-27H,5-7,9-10H2,1-4H3/t11-,14+,16-,17+,18+,19-,20-,21-,22+/m0/s1. The van der Waals surface area contributed by atoms with Crippen LogP contribution < -0.4 is 0 Å². The van der Waals surface area contributed by atoms with Crippen LogP contribution in [0.25, 0.3) is 0 Å². The van der Waals surface area contributed by atoms with E-state index in [2.05, 4.69) is 6.92 Å². The third kappa shape index (κ3) is 2.81. The zero-order chi connectivity index (χ0) is 21.4. The largest absolute Gasteiger partial charge is 0.459 e. The van der Waals surface area contributed by atoms with Crippen molar-refractivity contribution in [2.45, 2.75) is 71.4 Å². The van der Waals surface area contributed by atoms with Crippen LogP contribution in [0.3, 0.4) is 0 Å². The van der Waals surface area contributed by atoms with E-state index >= 15 is 0 Å². The molecular weight excluding hydrogens is 376 g/mol. The fourth-order valence-corrected chi connectivity index (χ4v) is 7.43. The van der Waals surface area contributed by atoms with Gasteiger partial charge in [-0.05, 0) is 41.4 Å². The van der Waals surface area contributed by atoms with Gasteiger partial charge in [0, 0.05) is 37.5 Å². The van der Waals surface area contributed by atoms with Crippen molar-refractivity contribution < 1.29 is 34.4 Å². The summed E-state index contributed by atoms with van der Waals surface area (Å²) in [6.07, 6.45) is 2.33. The third-order valence-corrected chi connectivity index (χ3v) is 8.52. The summed E-state index contributed by atoms with van der Waals surface area (Å²) < 4.78 is 11.0. The number of fused-ring (bicyclic) bond motifs is 4. The van der Waals surface area contributed by atoms with Gasteiger partial charge in [0.25, 0.3) is 0 Å². The zero-order valence-corrected chi connectivity index (χ0v) is 17.6. The van der Waals surface area contributed by atoms with Crippen molar-refractivity contribution in [2.75, 3.05) is 6.61 Å². The Kier molecular flexibility index (Phi) is 4.69. The summed E-state index contributed by atoms with van der Waals surface area (Å²) in [6.45, 7) is 7.26. The molecule has 1 heterocycles. The summed E-state index contributed by atoms with van der Waals surface area (Å²) in [5, 5.41) is 32.9. The van der Waals surface area contributed by atoms with Crippen LogP contribution in [0.2, 0.25) is 0 Å². The topological polar surface area (TPSA) is 113 Å². The number of carbonyl (C=O) groups excluding carboxylic acids is 2. The van der Waals surface area contributed by atoms with Crippen molar-refractivity contribution in [3.8, 4) is 0 Å². The first-order chi connectivity index (χ1) is 13.5. The van der Waals surface area contributed by atoms with E-state index < -0.39 is 40.8 Å². The van der Waals surface area contributed by atoms with Crippen molar-refractivity contribution in [1.82, 2.24) is 0 Å². The molecular formula is C22H32O7. The summed E-state index contributed by atoms with van der Waals surface area (Å²) in [7, 11) is 0. The van der Waals surface area contributed by atoms with Gasteiger partial charge in [-0.15, -0.1) is 0 Å². The van der Waals surface area contributed by atoms with Gasteiger partial charge in [-0.25, -0.2) is 4.79 Å². The van der Waals surface area contributed by atoms with E-state index in [1.807, 2.05) is 13.8 Å². The quantitative estimate of drug-likeness (QED) is 0.594. The maximum absolute atomic E-state index is 11.9. The summed E-state index contributed by atoms with van der Waals surface area (Å²) >= 11 is 0. The molecule has 7 heteroatoms. The zero-order valence-electron chi connectivity index (χ0n) is 17.6. The van der Waals surface area contributed by atoms with Gasteiger partial charge in [0.2, 0.25) is 5.79 Å². The third-order valence-electron chi connectivity index (χ3n) is 8.52. The highest BCUT2D eigenvalue weighted by Gasteiger charge is 2.68. The summed E-state index contributed by atoms with van der Waals surface area (Å²) in [5.41, 5.74) is -0.426. The fourth-order valence-electron chi connectivity index (χ4n) is 7.43. The van der Waals surface area contributed by atoms with Crippen LogP contribution in [0.4, 0.5) is 0 Å². The first-order valence-electron chi connectivity index (χ1n) is 10.6. The highest BCUT2D eigenvalue weighted by molar-refractivity contribution is 5.86. The van der Waals surface area contributed by atoms with Crippen molar-refractivity contribution >= 4 is 11.9 Å². The Morgan fingerprint density at radius 2 is 2.03 bits per heavy atom. The van der Waals surface area contributed by atoms with Crippen LogP contribution in [0, 0.1) is 34.5 Å². The van der Waals surface area contributed by atoms with Crippen LogP contribution in [-0.4, -0.2) is 51.9 Å². The van der Waals surface area contributed by atoms with E-state index in [1.54, 1.807) is 0 Å². The number of ether oxygens (including phenoxy) is 2. The number of aliphatic hydroxyl groups is 3. The fraction of sp³-hybridized carbons (Fsp3) is 0.818. The normalized spacial score (nSPS) is 51.3. The molecule has 0 saturated heterocycles. The Labute approximate surface area is 171 Å². The Hall–Kier alpha value is -1.44. The van der Waals surface area contributed by atoms with Gasteiger partial charge in [0.1, 0.15) is 6.10 Å². The van der Waals surface area contributed by atoms with E-state index in [4.69, 9.17) is 9.47 Å². The lowest BCUT2D eigenvalue weighted by Crippen LogP contribution is -2.68. The molecule has 9 atom stereocenters. The molecule has 3 aliphatic carbocycles. The molecule has 1 aliphatic heterocycles. The average molecular weight is 408 g/mol. The van der Waals surface area contributed by atoms with Crippen molar-refractivity contribution in [3.05, 3.63) is 11.6 Å². The number of hydrogen-bond acceptors (Lipinski definition) is 7. The van der Waals surface area contributed by atoms with E-state index in [0.29, 0.717) is 5.57 Å². The van der Waals surface area contributed by atoms with Gasteiger partial charge >= 0.3 is 11.9 Å². The Bertz CT molecular complexity index is 762. The van der Waals surface area contributed by atoms with Gasteiger partial charge in [-0.3, -0.25) is 4.79 Å². The van der Waals surface area contributed by atoms with Crippen molar-refractivity contribution in [2.24, 2.45) is 34.5 Å². The molecule has 0 aromatic heterocycles. The lowest BCUT2D eigenvalue weighted by molar-refractivity contribution is -0.269. The maximum atomic E-state index is 11.9. The highest BCUT2D eigenvalue weighted by atomic mass is 16.7. The molecule has 7 nitrogen and oxygen atoms in total. The predicted octanol–water partition coefficient (Wildman–Crippen LogP) is 1.54. The molecule has 0 bridgehead atoms. The number of hydrogen-bond donors (Lipinski definition) is 3. The molecule has 0 unspecified atom stereocenters. The second kappa shape index (κ2) is 6.53. The molecule has 3 saturated carbocycles. The minimum atomic E-state index is -1.65. The van der Waals surface area contributed by atoms with E-state index in [1.165, 1.54) is 13.0 Å². The Morgan fingerprint density at radius 1 is 1.34 bits per heavy atom. The second-order valence-electron chi connectivity index (χ2n) is 10.2. The molecule has 0 amide bonds. The minimum Gasteiger partial charge on any atom is -0.459 e. The first-order valence-corrected chi connectivity index (χ1v) is 10.6. The van der Waals surface area contributed by atoms with Crippen LogP contribution in [0.1, 0.15) is 53.4 Å². The number of carbonyl (C=O) groups is 2. The van der Waals surface area contributed by atoms with E-state index in [-0.39, 0.29) is 36.7 Å². The molecule has 3 N–H and O–H groups in total. The smallest absolute Gasteiger partial charge is 0.333 e. The number of rotatable bonds is 2.